The molecular formula is C12H18N4O4S. The number of rotatable bonds is 6. The van der Waals surface area contributed by atoms with E-state index < -0.39 is 34.9 Å². The Morgan fingerprint density at radius 3 is 1.90 bits per heavy atom. The molecule has 1 rings (SSSR count). The van der Waals surface area contributed by atoms with E-state index in [4.69, 9.17) is 17.2 Å². The van der Waals surface area contributed by atoms with Gasteiger partial charge in [-0.05, 0) is 37.1 Å². The van der Waals surface area contributed by atoms with Crippen LogP contribution in [0.15, 0.2) is 17.0 Å². The second-order valence-electron chi connectivity index (χ2n) is 4.68. The average molecular weight is 314 g/mol. The Morgan fingerprint density at radius 2 is 1.48 bits per heavy atom. The first-order valence-electron chi connectivity index (χ1n) is 5.99. The zero-order valence-corrected chi connectivity index (χ0v) is 12.6. The Morgan fingerprint density at radius 1 is 1.05 bits per heavy atom. The first kappa shape index (κ1) is 16.9. The molecule has 0 aliphatic rings. The fourth-order valence-corrected chi connectivity index (χ4v) is 3.30. The van der Waals surface area contributed by atoms with Crippen molar-refractivity contribution >= 4 is 27.5 Å². The van der Waals surface area contributed by atoms with Gasteiger partial charge >= 0.3 is 0 Å². The van der Waals surface area contributed by atoms with E-state index in [1.165, 1.54) is 12.1 Å². The lowest BCUT2D eigenvalue weighted by molar-refractivity contribution is -0.120. The van der Waals surface area contributed by atoms with Crippen molar-refractivity contribution in [3.05, 3.63) is 23.3 Å². The first-order valence-corrected chi connectivity index (χ1v) is 7.43. The molecule has 2 amide bonds. The highest BCUT2D eigenvalue weighted by atomic mass is 32.2. The van der Waals surface area contributed by atoms with Gasteiger partial charge in [0, 0.05) is 0 Å². The van der Waals surface area contributed by atoms with Gasteiger partial charge in [-0.25, -0.2) is 8.42 Å². The first-order chi connectivity index (χ1) is 9.55. The van der Waals surface area contributed by atoms with Crippen LogP contribution in [0.25, 0.3) is 0 Å². The molecule has 0 fully saturated rings. The van der Waals surface area contributed by atoms with Crippen LogP contribution in [0.3, 0.4) is 0 Å². The standard InChI is InChI=1S/C12H18N4O4S/c1-7-3-9(13)10(4-8(7)2)21(19,20)16(5-11(14)17)6-12(15)18/h3-4H,5-6,13H2,1-2H3,(H2,14,17)(H2,15,18). The van der Waals surface area contributed by atoms with Crippen molar-refractivity contribution in [2.24, 2.45) is 11.5 Å². The lowest BCUT2D eigenvalue weighted by Gasteiger charge is -2.20. The zero-order chi connectivity index (χ0) is 16.4. The molecule has 6 N–H and O–H groups in total. The van der Waals surface area contributed by atoms with Crippen LogP contribution in [0.4, 0.5) is 5.69 Å². The van der Waals surface area contributed by atoms with Crippen molar-refractivity contribution in [1.29, 1.82) is 0 Å². The molecule has 0 atom stereocenters. The topological polar surface area (TPSA) is 150 Å². The lowest BCUT2D eigenvalue weighted by atomic mass is 10.1. The van der Waals surface area contributed by atoms with Gasteiger partial charge < -0.3 is 17.2 Å². The smallest absolute Gasteiger partial charge is 0.246 e. The summed E-state index contributed by atoms with van der Waals surface area (Å²) in [6.45, 7) is 2.20. The van der Waals surface area contributed by atoms with Crippen molar-refractivity contribution in [3.63, 3.8) is 0 Å². The number of hydrogen-bond acceptors (Lipinski definition) is 5. The van der Waals surface area contributed by atoms with Crippen LogP contribution < -0.4 is 17.2 Å². The lowest BCUT2D eigenvalue weighted by Crippen LogP contribution is -2.43. The maximum Gasteiger partial charge on any atom is 0.246 e. The number of carbonyl (C=O) groups excluding carboxylic acids is 2. The summed E-state index contributed by atoms with van der Waals surface area (Å²) < 4.78 is 25.6. The summed E-state index contributed by atoms with van der Waals surface area (Å²) in [5.41, 5.74) is 17.3. The second-order valence-corrected chi connectivity index (χ2v) is 6.59. The van der Waals surface area contributed by atoms with E-state index in [1.807, 2.05) is 0 Å². The van der Waals surface area contributed by atoms with E-state index in [0.29, 0.717) is 9.87 Å². The number of primary amides is 2. The molecule has 0 bridgehead atoms. The van der Waals surface area contributed by atoms with Gasteiger partial charge in [0.2, 0.25) is 21.8 Å². The Hall–Kier alpha value is -2.13. The maximum atomic E-state index is 12.5. The highest BCUT2D eigenvalue weighted by molar-refractivity contribution is 7.89. The molecule has 0 heterocycles. The number of anilines is 1. The van der Waals surface area contributed by atoms with Gasteiger partial charge in [-0.2, -0.15) is 4.31 Å². The van der Waals surface area contributed by atoms with E-state index in [1.54, 1.807) is 13.8 Å². The van der Waals surface area contributed by atoms with Crippen LogP contribution in [-0.4, -0.2) is 37.6 Å². The van der Waals surface area contributed by atoms with E-state index >= 15 is 0 Å². The predicted molar refractivity (Wildman–Crippen MR) is 77.5 cm³/mol. The molecule has 0 unspecified atom stereocenters. The van der Waals surface area contributed by atoms with E-state index in [0.717, 1.165) is 5.56 Å². The number of carbonyl (C=O) groups is 2. The van der Waals surface area contributed by atoms with Gasteiger partial charge in [0.15, 0.2) is 0 Å². The Kier molecular flexibility index (Phi) is 4.92. The fourth-order valence-electron chi connectivity index (χ4n) is 1.75. The minimum absolute atomic E-state index is 0.0250. The molecule has 0 aliphatic heterocycles. The highest BCUT2D eigenvalue weighted by Crippen LogP contribution is 2.25. The number of nitrogens with two attached hydrogens (primary N) is 3. The summed E-state index contributed by atoms with van der Waals surface area (Å²) >= 11 is 0. The van der Waals surface area contributed by atoms with Crippen LogP contribution in [-0.2, 0) is 19.6 Å². The van der Waals surface area contributed by atoms with Gasteiger partial charge in [-0.1, -0.05) is 0 Å². The molecule has 1 aromatic rings. The van der Waals surface area contributed by atoms with Crippen molar-refractivity contribution in [1.82, 2.24) is 4.31 Å². The SMILES string of the molecule is Cc1cc(N)c(S(=O)(=O)N(CC(N)=O)CC(N)=O)cc1C. The molecule has 0 saturated heterocycles. The van der Waals surface area contributed by atoms with Crippen molar-refractivity contribution in [2.45, 2.75) is 18.7 Å². The molecule has 0 aliphatic carbocycles. The number of benzene rings is 1. The third kappa shape index (κ3) is 3.92. The average Bonchev–Trinajstić information content (AvgIpc) is 2.31. The summed E-state index contributed by atoms with van der Waals surface area (Å²) in [5, 5.41) is 0. The van der Waals surface area contributed by atoms with Crippen LogP contribution in [0, 0.1) is 13.8 Å². The van der Waals surface area contributed by atoms with Crippen molar-refractivity contribution in [3.8, 4) is 0 Å². The van der Waals surface area contributed by atoms with Crippen LogP contribution in [0.5, 0.6) is 0 Å². The third-order valence-electron chi connectivity index (χ3n) is 2.91. The molecule has 21 heavy (non-hydrogen) atoms. The molecule has 0 saturated carbocycles. The van der Waals surface area contributed by atoms with E-state index in [2.05, 4.69) is 0 Å². The zero-order valence-electron chi connectivity index (χ0n) is 11.8. The Labute approximate surface area is 122 Å². The van der Waals surface area contributed by atoms with Crippen molar-refractivity contribution < 1.29 is 18.0 Å². The molecule has 116 valence electrons. The van der Waals surface area contributed by atoms with E-state index in [9.17, 15) is 18.0 Å². The summed E-state index contributed by atoms with van der Waals surface area (Å²) in [6.07, 6.45) is 0. The predicted octanol–water partition coefficient (Wildman–Crippen LogP) is -1.15. The summed E-state index contributed by atoms with van der Waals surface area (Å²) in [7, 11) is -4.15. The van der Waals surface area contributed by atoms with Gasteiger partial charge in [0.05, 0.1) is 18.8 Å². The van der Waals surface area contributed by atoms with Crippen LogP contribution in [0.1, 0.15) is 11.1 Å². The quantitative estimate of drug-likeness (QED) is 0.566. The number of amides is 2. The largest absolute Gasteiger partial charge is 0.398 e. The monoisotopic (exact) mass is 314 g/mol. The molecule has 1 aromatic carbocycles. The molecule has 0 radical (unpaired) electrons. The number of hydrogen-bond donors (Lipinski definition) is 3. The van der Waals surface area contributed by atoms with E-state index in [-0.39, 0.29) is 10.6 Å². The number of nitrogen functional groups attached to an aromatic ring is 1. The number of aryl methyl sites for hydroxylation is 2. The summed E-state index contributed by atoms with van der Waals surface area (Å²) in [6, 6.07) is 2.89. The summed E-state index contributed by atoms with van der Waals surface area (Å²) in [5.74, 6) is -1.80. The highest BCUT2D eigenvalue weighted by Gasteiger charge is 2.29. The maximum absolute atomic E-state index is 12.5. The minimum Gasteiger partial charge on any atom is -0.398 e. The van der Waals surface area contributed by atoms with Gasteiger partial charge in [0.25, 0.3) is 0 Å². The fraction of sp³-hybridized carbons (Fsp3) is 0.333. The van der Waals surface area contributed by atoms with Gasteiger partial charge in [0.1, 0.15) is 4.90 Å². The normalized spacial score (nSPS) is 11.6. The third-order valence-corrected chi connectivity index (χ3v) is 4.76. The molecule has 9 heteroatoms. The number of nitrogens with zero attached hydrogens (tertiary/aromatic N) is 1. The second kappa shape index (κ2) is 6.10. The molecule has 0 aromatic heterocycles. The Balaban J connectivity index is 3.38. The van der Waals surface area contributed by atoms with Crippen LogP contribution in [0.2, 0.25) is 0 Å². The van der Waals surface area contributed by atoms with Crippen LogP contribution >= 0.6 is 0 Å². The van der Waals surface area contributed by atoms with Gasteiger partial charge in [-0.3, -0.25) is 9.59 Å². The molecule has 0 spiro atoms. The Bertz CT molecular complexity index is 669. The molecule has 8 nitrogen and oxygen atoms in total. The van der Waals surface area contributed by atoms with Crippen molar-refractivity contribution in [2.75, 3.05) is 18.8 Å². The molecular weight excluding hydrogens is 296 g/mol. The minimum atomic E-state index is -4.15. The summed E-state index contributed by atoms with van der Waals surface area (Å²) in [4.78, 5) is 21.8. The number of sulfonamides is 1. The van der Waals surface area contributed by atoms with Gasteiger partial charge in [-0.15, -0.1) is 0 Å².